The summed E-state index contributed by atoms with van der Waals surface area (Å²) >= 11 is 0. The summed E-state index contributed by atoms with van der Waals surface area (Å²) in [5.41, 5.74) is 2.50. The first-order valence-corrected chi connectivity index (χ1v) is 3.98. The van der Waals surface area contributed by atoms with Crippen LogP contribution in [0.15, 0.2) is 18.2 Å². The molecule has 0 aromatic heterocycles. The van der Waals surface area contributed by atoms with Crippen LogP contribution in [0.2, 0.25) is 0 Å². The van der Waals surface area contributed by atoms with E-state index in [1.807, 2.05) is 12.1 Å². The number of hydrogen-bond donors (Lipinski definition) is 1. The topological polar surface area (TPSA) is 20.2 Å². The van der Waals surface area contributed by atoms with E-state index >= 15 is 0 Å². The van der Waals surface area contributed by atoms with Crippen LogP contribution in [0.1, 0.15) is 16.7 Å². The van der Waals surface area contributed by atoms with Crippen LogP contribution in [0.3, 0.4) is 0 Å². The van der Waals surface area contributed by atoms with Crippen LogP contribution in [0.25, 0.3) is 0 Å². The van der Waals surface area contributed by atoms with Gasteiger partial charge in [0.1, 0.15) is 0 Å². The molecule has 0 saturated carbocycles. The Bertz CT molecular complexity index is 345. The fourth-order valence-corrected chi connectivity index (χ4v) is 1.13. The lowest BCUT2D eigenvalue weighted by Gasteiger charge is -2.00. The molecule has 0 unspecified atom stereocenters. The summed E-state index contributed by atoms with van der Waals surface area (Å²) in [4.78, 5) is 0. The molecule has 0 radical (unpaired) electrons. The smallest absolute Gasteiger partial charge is 0.0471 e. The molecule has 1 aromatic rings. The van der Waals surface area contributed by atoms with Crippen molar-refractivity contribution < 1.29 is 5.11 Å². The third kappa shape index (κ3) is 2.37. The van der Waals surface area contributed by atoms with Crippen molar-refractivity contribution in [2.75, 3.05) is 6.61 Å². The lowest BCUT2D eigenvalue weighted by Crippen LogP contribution is -1.92. The minimum atomic E-state index is 0.109. The molecule has 0 bridgehead atoms. The highest BCUT2D eigenvalue weighted by Crippen LogP contribution is 2.09. The summed E-state index contributed by atoms with van der Waals surface area (Å²) in [6.45, 7) is 0.109. The maximum absolute atomic E-state index is 8.74. The van der Waals surface area contributed by atoms with E-state index in [9.17, 15) is 0 Å². The van der Waals surface area contributed by atoms with Crippen molar-refractivity contribution in [1.82, 2.24) is 0 Å². The van der Waals surface area contributed by atoms with Crippen LogP contribution >= 0.6 is 0 Å². The van der Waals surface area contributed by atoms with Crippen LogP contribution in [-0.2, 0) is 6.42 Å². The van der Waals surface area contributed by atoms with Crippen LogP contribution in [0.5, 0.6) is 0 Å². The standard InChI is InChI=1S/C12H10O/c1-3-10-7-11(4-2)9-12(8-10)5-6-13/h1-2,7-9,13H,5-6H2. The quantitative estimate of drug-likeness (QED) is 0.661. The average Bonchev–Trinajstić information content (AvgIpc) is 2.17. The molecule has 0 saturated heterocycles. The van der Waals surface area contributed by atoms with E-state index in [1.54, 1.807) is 6.07 Å². The van der Waals surface area contributed by atoms with E-state index in [4.69, 9.17) is 18.0 Å². The van der Waals surface area contributed by atoms with Crippen molar-refractivity contribution >= 4 is 0 Å². The number of benzene rings is 1. The SMILES string of the molecule is C#Cc1cc(C#C)cc(CCO)c1. The van der Waals surface area contributed by atoms with Crippen LogP contribution < -0.4 is 0 Å². The third-order valence-corrected chi connectivity index (χ3v) is 1.73. The minimum absolute atomic E-state index is 0.109. The maximum atomic E-state index is 8.74. The number of terminal acetylenes is 2. The molecule has 64 valence electrons. The number of aliphatic hydroxyl groups is 1. The number of rotatable bonds is 2. The molecule has 0 atom stereocenters. The first-order valence-electron chi connectivity index (χ1n) is 3.98. The second kappa shape index (κ2) is 4.36. The molecule has 1 heteroatoms. The van der Waals surface area contributed by atoms with E-state index in [-0.39, 0.29) is 6.61 Å². The van der Waals surface area contributed by atoms with E-state index in [2.05, 4.69) is 11.8 Å². The molecule has 1 N–H and O–H groups in total. The Balaban J connectivity index is 3.11. The Morgan fingerprint density at radius 3 is 2.00 bits per heavy atom. The summed E-state index contributed by atoms with van der Waals surface area (Å²) in [7, 11) is 0. The molecule has 0 amide bonds. The van der Waals surface area contributed by atoms with Crippen molar-refractivity contribution in [3.05, 3.63) is 34.9 Å². The zero-order chi connectivity index (χ0) is 9.68. The van der Waals surface area contributed by atoms with Gasteiger partial charge in [0.15, 0.2) is 0 Å². The number of hydrogen-bond acceptors (Lipinski definition) is 1. The summed E-state index contributed by atoms with van der Waals surface area (Å²) in [5, 5.41) is 8.74. The average molecular weight is 170 g/mol. The van der Waals surface area contributed by atoms with Gasteiger partial charge in [0.2, 0.25) is 0 Å². The zero-order valence-electron chi connectivity index (χ0n) is 7.25. The van der Waals surface area contributed by atoms with Gasteiger partial charge >= 0.3 is 0 Å². The van der Waals surface area contributed by atoms with Crippen LogP contribution in [0.4, 0.5) is 0 Å². The Hall–Kier alpha value is -1.70. The molecule has 0 aliphatic rings. The van der Waals surface area contributed by atoms with E-state index in [0.29, 0.717) is 6.42 Å². The van der Waals surface area contributed by atoms with Crippen molar-refractivity contribution in [2.45, 2.75) is 6.42 Å². The van der Waals surface area contributed by atoms with Crippen molar-refractivity contribution in [3.63, 3.8) is 0 Å². The van der Waals surface area contributed by atoms with Crippen LogP contribution in [-0.4, -0.2) is 11.7 Å². The van der Waals surface area contributed by atoms with Crippen molar-refractivity contribution in [1.29, 1.82) is 0 Å². The van der Waals surface area contributed by atoms with Gasteiger partial charge in [-0.15, -0.1) is 12.8 Å². The van der Waals surface area contributed by atoms with Crippen molar-refractivity contribution in [3.8, 4) is 24.7 Å². The Labute approximate surface area is 78.4 Å². The van der Waals surface area contributed by atoms with Gasteiger partial charge in [-0.1, -0.05) is 11.8 Å². The Morgan fingerprint density at radius 2 is 1.62 bits per heavy atom. The molecule has 0 aliphatic heterocycles. The monoisotopic (exact) mass is 170 g/mol. The van der Waals surface area contributed by atoms with Gasteiger partial charge in [-0.2, -0.15) is 0 Å². The molecule has 0 fully saturated rings. The second-order valence-electron chi connectivity index (χ2n) is 2.68. The predicted molar refractivity (Wildman–Crippen MR) is 53.1 cm³/mol. The molecule has 0 spiro atoms. The molecule has 1 rings (SSSR count). The lowest BCUT2D eigenvalue weighted by atomic mass is 10.0. The summed E-state index contributed by atoms with van der Waals surface area (Å²) < 4.78 is 0. The van der Waals surface area contributed by atoms with E-state index < -0.39 is 0 Å². The second-order valence-corrected chi connectivity index (χ2v) is 2.68. The first-order chi connectivity index (χ1) is 6.30. The minimum Gasteiger partial charge on any atom is -0.396 e. The fraction of sp³-hybridized carbons (Fsp3) is 0.167. The molecule has 0 heterocycles. The fourth-order valence-electron chi connectivity index (χ4n) is 1.13. The lowest BCUT2D eigenvalue weighted by molar-refractivity contribution is 0.299. The summed E-state index contributed by atoms with van der Waals surface area (Å²) in [6, 6.07) is 5.50. The molecule has 0 aliphatic carbocycles. The Morgan fingerprint density at radius 1 is 1.08 bits per heavy atom. The van der Waals surface area contributed by atoms with Gasteiger partial charge in [-0.25, -0.2) is 0 Å². The van der Waals surface area contributed by atoms with Gasteiger partial charge < -0.3 is 5.11 Å². The van der Waals surface area contributed by atoms with Crippen LogP contribution in [0, 0.1) is 24.7 Å². The van der Waals surface area contributed by atoms with Gasteiger partial charge in [0.05, 0.1) is 0 Å². The largest absolute Gasteiger partial charge is 0.396 e. The molecule has 13 heavy (non-hydrogen) atoms. The number of aliphatic hydroxyl groups excluding tert-OH is 1. The van der Waals surface area contributed by atoms with E-state index in [0.717, 1.165) is 16.7 Å². The molecule has 1 aromatic carbocycles. The summed E-state index contributed by atoms with van der Waals surface area (Å²) in [6.07, 6.45) is 11.1. The van der Waals surface area contributed by atoms with Crippen molar-refractivity contribution in [2.24, 2.45) is 0 Å². The Kier molecular flexibility index (Phi) is 3.15. The van der Waals surface area contributed by atoms with Gasteiger partial charge in [0.25, 0.3) is 0 Å². The third-order valence-electron chi connectivity index (χ3n) is 1.73. The van der Waals surface area contributed by atoms with Gasteiger partial charge in [0, 0.05) is 17.7 Å². The highest BCUT2D eigenvalue weighted by atomic mass is 16.2. The van der Waals surface area contributed by atoms with E-state index in [1.165, 1.54) is 0 Å². The summed E-state index contributed by atoms with van der Waals surface area (Å²) in [5.74, 6) is 5.05. The first kappa shape index (κ1) is 9.39. The van der Waals surface area contributed by atoms with Gasteiger partial charge in [-0.3, -0.25) is 0 Å². The predicted octanol–water partition coefficient (Wildman–Crippen LogP) is 1.18. The highest BCUT2D eigenvalue weighted by Gasteiger charge is 1.97. The highest BCUT2D eigenvalue weighted by molar-refractivity contribution is 5.45. The molecule has 1 nitrogen and oxygen atoms in total. The normalized spacial score (nSPS) is 8.85. The molecular weight excluding hydrogens is 160 g/mol. The zero-order valence-corrected chi connectivity index (χ0v) is 7.25. The maximum Gasteiger partial charge on any atom is 0.0471 e. The van der Waals surface area contributed by atoms with Gasteiger partial charge in [-0.05, 0) is 30.2 Å². The molecular formula is C12H10O.